The Morgan fingerprint density at radius 3 is 2.42 bits per heavy atom. The summed E-state index contributed by atoms with van der Waals surface area (Å²) < 4.78 is 2.13. The topological polar surface area (TPSA) is 49.6 Å². The van der Waals surface area contributed by atoms with Crippen molar-refractivity contribution in [1.82, 2.24) is 9.88 Å². The minimum Gasteiger partial charge on any atom is -0.394 e. The number of aromatic nitrogens is 1. The molecule has 3 aromatic carbocycles. The second-order valence-electron chi connectivity index (χ2n) is 5.75. The summed E-state index contributed by atoms with van der Waals surface area (Å²) in [6, 6.07) is 21.2. The van der Waals surface area contributed by atoms with Gasteiger partial charge in [-0.1, -0.05) is 42.5 Å². The van der Waals surface area contributed by atoms with Gasteiger partial charge in [0.25, 0.3) is 0 Å². The molecule has 4 rings (SSSR count). The molecule has 0 fully saturated rings. The van der Waals surface area contributed by atoms with Crippen molar-refractivity contribution in [1.29, 1.82) is 0 Å². The molecule has 0 saturated heterocycles. The van der Waals surface area contributed by atoms with Crippen molar-refractivity contribution < 1.29 is 5.11 Å². The van der Waals surface area contributed by atoms with Gasteiger partial charge in [-0.05, 0) is 29.0 Å². The number of aliphatic imine (C=N–C) groups is 1. The van der Waals surface area contributed by atoms with Crippen LogP contribution in [0.3, 0.4) is 0 Å². The van der Waals surface area contributed by atoms with Gasteiger partial charge >= 0.3 is 0 Å². The van der Waals surface area contributed by atoms with E-state index in [0.717, 1.165) is 17.0 Å². The summed E-state index contributed by atoms with van der Waals surface area (Å²) >= 11 is 0. The first-order valence-electron chi connectivity index (χ1n) is 8.09. The van der Waals surface area contributed by atoms with Crippen LogP contribution in [0.5, 0.6) is 0 Å². The second-order valence-corrected chi connectivity index (χ2v) is 5.75. The van der Waals surface area contributed by atoms with Gasteiger partial charge in [-0.25, -0.2) is 0 Å². The fraction of sp³-hybridized carbons (Fsp3) is 0.150. The summed E-state index contributed by atoms with van der Waals surface area (Å²) in [7, 11) is 1.86. The smallest absolute Gasteiger partial charge is 0.203 e. The number of hydrogen-bond acceptors (Lipinski definition) is 2. The van der Waals surface area contributed by atoms with Crippen molar-refractivity contribution in [3.63, 3.8) is 0 Å². The highest BCUT2D eigenvalue weighted by Gasteiger charge is 2.14. The van der Waals surface area contributed by atoms with Gasteiger partial charge in [0, 0.05) is 17.8 Å². The standard InChI is InChI=1S/C20H19N3O/c1-21-20(22-10-11-24)23-18-9-5-4-8-16(18)17-12-14-6-2-3-7-15(14)13-19(17)23/h2-9,12-13,24H,10-11H2,1H3,(H,21,22). The Morgan fingerprint density at radius 1 is 0.958 bits per heavy atom. The zero-order valence-electron chi connectivity index (χ0n) is 13.5. The molecule has 0 saturated carbocycles. The van der Waals surface area contributed by atoms with Gasteiger partial charge in [0.2, 0.25) is 5.96 Å². The van der Waals surface area contributed by atoms with Crippen LogP contribution in [-0.4, -0.2) is 35.8 Å². The van der Waals surface area contributed by atoms with Crippen LogP contribution in [0.15, 0.2) is 65.7 Å². The van der Waals surface area contributed by atoms with Crippen molar-refractivity contribution in [2.24, 2.45) is 4.99 Å². The highest BCUT2D eigenvalue weighted by Crippen LogP contribution is 2.32. The molecule has 0 aliphatic rings. The number of benzene rings is 3. The number of nitrogens with zero attached hydrogens (tertiary/aromatic N) is 2. The van der Waals surface area contributed by atoms with Crippen LogP contribution in [0.2, 0.25) is 0 Å². The number of aliphatic hydroxyl groups is 1. The predicted octanol–water partition coefficient (Wildman–Crippen LogP) is 3.36. The van der Waals surface area contributed by atoms with Crippen molar-refractivity contribution >= 4 is 38.5 Å². The SMILES string of the molecule is CN/C(=N\CCO)n1c2ccccc2c2cc3ccccc3cc21. The van der Waals surface area contributed by atoms with Crippen LogP contribution in [0.1, 0.15) is 0 Å². The van der Waals surface area contributed by atoms with Crippen LogP contribution in [0.25, 0.3) is 32.6 Å². The number of aliphatic hydroxyl groups excluding tert-OH is 1. The van der Waals surface area contributed by atoms with Crippen molar-refractivity contribution in [2.45, 2.75) is 0 Å². The van der Waals surface area contributed by atoms with Crippen LogP contribution >= 0.6 is 0 Å². The maximum absolute atomic E-state index is 9.13. The lowest BCUT2D eigenvalue weighted by atomic mass is 10.1. The molecule has 1 aromatic heterocycles. The van der Waals surface area contributed by atoms with Crippen LogP contribution in [-0.2, 0) is 0 Å². The fourth-order valence-electron chi connectivity index (χ4n) is 3.30. The number of nitrogens with one attached hydrogen (secondary N) is 1. The lowest BCUT2D eigenvalue weighted by Crippen LogP contribution is -2.27. The van der Waals surface area contributed by atoms with Crippen LogP contribution in [0, 0.1) is 0 Å². The number of para-hydroxylation sites is 1. The van der Waals surface area contributed by atoms with Gasteiger partial charge < -0.3 is 10.4 Å². The molecule has 0 radical (unpaired) electrons. The highest BCUT2D eigenvalue weighted by atomic mass is 16.3. The first-order valence-corrected chi connectivity index (χ1v) is 8.09. The van der Waals surface area contributed by atoms with Crippen molar-refractivity contribution in [3.8, 4) is 0 Å². The molecule has 4 nitrogen and oxygen atoms in total. The van der Waals surface area contributed by atoms with Crippen LogP contribution < -0.4 is 5.32 Å². The Labute approximate surface area is 140 Å². The first kappa shape index (κ1) is 14.7. The molecular weight excluding hydrogens is 298 g/mol. The van der Waals surface area contributed by atoms with Gasteiger partial charge in [-0.15, -0.1) is 0 Å². The number of fused-ring (bicyclic) bond motifs is 4. The maximum Gasteiger partial charge on any atom is 0.203 e. The summed E-state index contributed by atoms with van der Waals surface area (Å²) in [6.45, 7) is 0.406. The third kappa shape index (κ3) is 2.23. The molecule has 0 bridgehead atoms. The lowest BCUT2D eigenvalue weighted by molar-refractivity contribution is 0.306. The Hall–Kier alpha value is -2.85. The summed E-state index contributed by atoms with van der Waals surface area (Å²) in [5.74, 6) is 0.741. The minimum atomic E-state index is 0.0330. The van der Waals surface area contributed by atoms with Crippen LogP contribution in [0.4, 0.5) is 0 Å². The Bertz CT molecular complexity index is 1060. The summed E-state index contributed by atoms with van der Waals surface area (Å²) in [5.41, 5.74) is 2.22. The lowest BCUT2D eigenvalue weighted by Gasteiger charge is -2.11. The van der Waals surface area contributed by atoms with Gasteiger partial charge in [-0.2, -0.15) is 0 Å². The minimum absolute atomic E-state index is 0.0330. The molecule has 0 amide bonds. The molecule has 24 heavy (non-hydrogen) atoms. The molecule has 4 heteroatoms. The third-order valence-electron chi connectivity index (χ3n) is 4.34. The third-order valence-corrected chi connectivity index (χ3v) is 4.34. The molecule has 0 aliphatic carbocycles. The highest BCUT2D eigenvalue weighted by molar-refractivity contribution is 6.17. The average molecular weight is 317 g/mol. The fourth-order valence-corrected chi connectivity index (χ4v) is 3.30. The Balaban J connectivity index is 2.14. The van der Waals surface area contributed by atoms with E-state index < -0.39 is 0 Å². The Kier molecular flexibility index (Phi) is 3.67. The van der Waals surface area contributed by atoms with E-state index >= 15 is 0 Å². The zero-order chi connectivity index (χ0) is 16.5. The molecular formula is C20H19N3O. The van der Waals surface area contributed by atoms with E-state index in [1.165, 1.54) is 21.5 Å². The Morgan fingerprint density at radius 2 is 1.67 bits per heavy atom. The molecule has 0 spiro atoms. The molecule has 4 aromatic rings. The van der Waals surface area contributed by atoms with E-state index in [1.54, 1.807) is 0 Å². The largest absolute Gasteiger partial charge is 0.394 e. The number of rotatable bonds is 2. The summed E-state index contributed by atoms with van der Waals surface area (Å²) in [4.78, 5) is 4.50. The summed E-state index contributed by atoms with van der Waals surface area (Å²) in [5, 5.41) is 17.1. The molecule has 2 N–H and O–H groups in total. The predicted molar refractivity (Wildman–Crippen MR) is 101 cm³/mol. The molecule has 0 aliphatic heterocycles. The molecule has 1 heterocycles. The van der Waals surface area contributed by atoms with Gasteiger partial charge in [0.1, 0.15) is 0 Å². The first-order chi connectivity index (χ1) is 11.8. The number of hydrogen-bond donors (Lipinski definition) is 2. The van der Waals surface area contributed by atoms with E-state index in [1.807, 2.05) is 13.1 Å². The van der Waals surface area contributed by atoms with Crippen molar-refractivity contribution in [3.05, 3.63) is 60.7 Å². The monoisotopic (exact) mass is 317 g/mol. The van der Waals surface area contributed by atoms with E-state index in [2.05, 4.69) is 69.5 Å². The summed E-state index contributed by atoms with van der Waals surface area (Å²) in [6.07, 6.45) is 0. The normalized spacial score (nSPS) is 12.3. The van der Waals surface area contributed by atoms with Gasteiger partial charge in [-0.3, -0.25) is 9.56 Å². The van der Waals surface area contributed by atoms with E-state index in [9.17, 15) is 0 Å². The zero-order valence-corrected chi connectivity index (χ0v) is 13.5. The maximum atomic E-state index is 9.13. The molecule has 0 unspecified atom stereocenters. The van der Waals surface area contributed by atoms with Gasteiger partial charge in [0.05, 0.1) is 24.2 Å². The second kappa shape index (κ2) is 5.98. The van der Waals surface area contributed by atoms with E-state index in [-0.39, 0.29) is 6.61 Å². The van der Waals surface area contributed by atoms with Crippen molar-refractivity contribution in [2.75, 3.05) is 20.2 Å². The molecule has 0 atom stereocenters. The average Bonchev–Trinajstić information content (AvgIpc) is 2.94. The quantitative estimate of drug-likeness (QED) is 0.440. The molecule has 120 valence electrons. The van der Waals surface area contributed by atoms with Gasteiger partial charge in [0.15, 0.2) is 0 Å². The van der Waals surface area contributed by atoms with E-state index in [4.69, 9.17) is 5.11 Å². The van der Waals surface area contributed by atoms with E-state index in [0.29, 0.717) is 6.54 Å².